The monoisotopic (exact) mass is 411 g/mol. The Hall–Kier alpha value is -2.32. The lowest BCUT2D eigenvalue weighted by Crippen LogP contribution is -2.42. The van der Waals surface area contributed by atoms with Gasteiger partial charge < -0.3 is 14.0 Å². The number of likely N-dealkylation sites (tertiary alicyclic amines) is 1. The number of ether oxygens (including phenoxy) is 1. The van der Waals surface area contributed by atoms with Crippen molar-refractivity contribution in [3.63, 3.8) is 0 Å². The third kappa shape index (κ3) is 4.11. The van der Waals surface area contributed by atoms with Crippen molar-refractivity contribution < 1.29 is 18.8 Å². The molecule has 160 valence electrons. The maximum Gasteiger partial charge on any atom is 0.498 e. The Morgan fingerprint density at radius 3 is 2.57 bits per heavy atom. The van der Waals surface area contributed by atoms with Crippen molar-refractivity contribution in [1.29, 1.82) is 0 Å². The number of rotatable bonds is 4. The molecule has 0 bridgehead atoms. The van der Waals surface area contributed by atoms with Crippen molar-refractivity contribution >= 4 is 18.7 Å². The molecule has 1 aromatic carbocycles. The second-order valence-electron chi connectivity index (χ2n) is 9.05. The zero-order valence-corrected chi connectivity index (χ0v) is 18.2. The summed E-state index contributed by atoms with van der Waals surface area (Å²) in [4.78, 5) is 14.6. The van der Waals surface area contributed by atoms with Crippen molar-refractivity contribution in [2.75, 3.05) is 6.54 Å². The molecule has 1 amide bonds. The van der Waals surface area contributed by atoms with Gasteiger partial charge in [0, 0.05) is 24.4 Å². The highest BCUT2D eigenvalue weighted by molar-refractivity contribution is 6.62. The van der Waals surface area contributed by atoms with Crippen molar-refractivity contribution in [3.05, 3.63) is 48.3 Å². The molecular formula is C22H30BN3O4. The molecule has 0 aliphatic carbocycles. The first-order valence-electron chi connectivity index (χ1n) is 10.6. The topological polar surface area (TPSA) is 65.8 Å². The van der Waals surface area contributed by atoms with Crippen LogP contribution in [0.3, 0.4) is 0 Å². The summed E-state index contributed by atoms with van der Waals surface area (Å²) in [6.07, 6.45) is 6.06. The van der Waals surface area contributed by atoms with E-state index in [9.17, 15) is 4.79 Å². The second kappa shape index (κ2) is 8.08. The van der Waals surface area contributed by atoms with E-state index < -0.39 is 18.3 Å². The fraction of sp³-hybridized carbons (Fsp3) is 0.545. The number of piperidine rings is 1. The number of carbonyl (C=O) groups is 1. The van der Waals surface area contributed by atoms with Gasteiger partial charge in [-0.05, 0) is 52.5 Å². The first kappa shape index (κ1) is 20.9. The van der Waals surface area contributed by atoms with Crippen LogP contribution in [0.15, 0.2) is 42.7 Å². The van der Waals surface area contributed by atoms with Gasteiger partial charge in [-0.25, -0.2) is 4.79 Å². The van der Waals surface area contributed by atoms with Crippen molar-refractivity contribution in [1.82, 2.24) is 14.7 Å². The highest BCUT2D eigenvalue weighted by Gasteiger charge is 2.52. The van der Waals surface area contributed by atoms with E-state index in [1.165, 1.54) is 0 Å². The fourth-order valence-electron chi connectivity index (χ4n) is 3.82. The first-order chi connectivity index (χ1) is 14.3. The summed E-state index contributed by atoms with van der Waals surface area (Å²) in [5.41, 5.74) is 1.02. The number of hydrogen-bond donors (Lipinski definition) is 0. The predicted molar refractivity (Wildman–Crippen MR) is 114 cm³/mol. The molecule has 4 rings (SSSR count). The summed E-state index contributed by atoms with van der Waals surface area (Å²) in [7, 11) is -0.467. The maximum atomic E-state index is 12.8. The van der Waals surface area contributed by atoms with E-state index in [0.717, 1.165) is 30.3 Å². The van der Waals surface area contributed by atoms with Crippen molar-refractivity contribution in [2.45, 2.75) is 70.9 Å². The molecule has 1 aromatic heterocycles. The maximum absolute atomic E-state index is 12.8. The minimum atomic E-state index is -0.467. The Balaban J connectivity index is 1.45. The quantitative estimate of drug-likeness (QED) is 0.721. The van der Waals surface area contributed by atoms with E-state index >= 15 is 0 Å². The van der Waals surface area contributed by atoms with E-state index in [0.29, 0.717) is 6.54 Å². The first-order valence-corrected chi connectivity index (χ1v) is 10.6. The van der Waals surface area contributed by atoms with Crippen LogP contribution in [-0.4, -0.2) is 45.6 Å². The summed E-state index contributed by atoms with van der Waals surface area (Å²) >= 11 is 0. The number of benzene rings is 1. The standard InChI is InChI=1S/C22H30BN3O4/c1-21(2)22(3,4)30-23(29-21)18-14-24-26(15-18)19-12-8-9-13-25(19)20(27)28-16-17-10-6-5-7-11-17/h5-7,10-11,14-15,19H,8-9,12-13,16H2,1-4H3. The average molecular weight is 411 g/mol. The lowest BCUT2D eigenvalue weighted by atomic mass is 9.82. The molecule has 0 spiro atoms. The summed E-state index contributed by atoms with van der Waals surface area (Å²) in [6, 6.07) is 9.72. The number of aromatic nitrogens is 2. The van der Waals surface area contributed by atoms with Crippen LogP contribution in [0.4, 0.5) is 4.79 Å². The molecule has 2 aromatic rings. The minimum Gasteiger partial charge on any atom is -0.444 e. The third-order valence-corrected chi connectivity index (χ3v) is 6.36. The van der Waals surface area contributed by atoms with Crippen LogP contribution in [0.25, 0.3) is 0 Å². The zero-order chi connectivity index (χ0) is 21.4. The van der Waals surface area contributed by atoms with Crippen molar-refractivity contribution in [2.24, 2.45) is 0 Å². The van der Waals surface area contributed by atoms with Crippen molar-refractivity contribution in [3.8, 4) is 0 Å². The van der Waals surface area contributed by atoms with Crippen LogP contribution in [0.2, 0.25) is 0 Å². The Labute approximate surface area is 178 Å². The molecule has 2 saturated heterocycles. The molecule has 0 radical (unpaired) electrons. The van der Waals surface area contributed by atoms with Crippen LogP contribution < -0.4 is 5.46 Å². The molecule has 2 fully saturated rings. The van der Waals surface area contributed by atoms with Gasteiger partial charge in [0.1, 0.15) is 12.8 Å². The van der Waals surface area contributed by atoms with E-state index in [1.54, 1.807) is 11.1 Å². The summed E-state index contributed by atoms with van der Waals surface area (Å²) in [5, 5.41) is 4.54. The largest absolute Gasteiger partial charge is 0.498 e. The normalized spacial score (nSPS) is 22.9. The summed E-state index contributed by atoms with van der Waals surface area (Å²) < 4.78 is 19.7. The predicted octanol–water partition coefficient (Wildman–Crippen LogP) is 3.50. The van der Waals surface area contributed by atoms with E-state index in [-0.39, 0.29) is 18.9 Å². The smallest absolute Gasteiger partial charge is 0.444 e. The van der Waals surface area contributed by atoms with Gasteiger partial charge in [0.25, 0.3) is 0 Å². The van der Waals surface area contributed by atoms with Crippen LogP contribution in [0.5, 0.6) is 0 Å². The third-order valence-electron chi connectivity index (χ3n) is 6.36. The van der Waals surface area contributed by atoms with E-state index in [2.05, 4.69) is 5.10 Å². The lowest BCUT2D eigenvalue weighted by Gasteiger charge is -2.34. The lowest BCUT2D eigenvalue weighted by molar-refractivity contribution is 0.00578. The van der Waals surface area contributed by atoms with Gasteiger partial charge in [-0.3, -0.25) is 9.58 Å². The molecule has 30 heavy (non-hydrogen) atoms. The molecule has 3 heterocycles. The molecule has 8 heteroatoms. The Kier molecular flexibility index (Phi) is 5.64. The van der Waals surface area contributed by atoms with Gasteiger partial charge in [0.15, 0.2) is 0 Å². The highest BCUT2D eigenvalue weighted by atomic mass is 16.7. The molecule has 0 N–H and O–H groups in total. The van der Waals surface area contributed by atoms with Gasteiger partial charge in [0.2, 0.25) is 0 Å². The SMILES string of the molecule is CC1(C)OB(c2cnn(C3CCCCN3C(=O)OCc3ccccc3)c2)OC1(C)C. The van der Waals surface area contributed by atoms with Crippen LogP contribution in [-0.2, 0) is 20.7 Å². The van der Waals surface area contributed by atoms with Gasteiger partial charge in [-0.2, -0.15) is 5.10 Å². The highest BCUT2D eigenvalue weighted by Crippen LogP contribution is 2.36. The Bertz CT molecular complexity index is 868. The molecule has 2 aliphatic heterocycles. The van der Waals surface area contributed by atoms with Crippen LogP contribution >= 0.6 is 0 Å². The number of amides is 1. The van der Waals surface area contributed by atoms with Crippen LogP contribution in [0.1, 0.15) is 58.7 Å². The van der Waals surface area contributed by atoms with E-state index in [1.807, 2.05) is 68.9 Å². The average Bonchev–Trinajstić information content (AvgIpc) is 3.29. The van der Waals surface area contributed by atoms with Gasteiger partial charge in [-0.15, -0.1) is 0 Å². The summed E-state index contributed by atoms with van der Waals surface area (Å²) in [6.45, 7) is 9.04. The molecule has 7 nitrogen and oxygen atoms in total. The fourth-order valence-corrected chi connectivity index (χ4v) is 3.82. The molecular weight excluding hydrogens is 381 g/mol. The number of nitrogens with zero attached hydrogens (tertiary/aromatic N) is 3. The van der Waals surface area contributed by atoms with Gasteiger partial charge >= 0.3 is 13.2 Å². The number of carbonyl (C=O) groups excluding carboxylic acids is 1. The molecule has 1 unspecified atom stereocenters. The van der Waals surface area contributed by atoms with Crippen LogP contribution in [0, 0.1) is 0 Å². The molecule has 2 aliphatic rings. The second-order valence-corrected chi connectivity index (χ2v) is 9.05. The number of hydrogen-bond acceptors (Lipinski definition) is 5. The molecule has 1 atom stereocenters. The minimum absolute atomic E-state index is 0.168. The summed E-state index contributed by atoms with van der Waals surface area (Å²) in [5.74, 6) is 0. The van der Waals surface area contributed by atoms with Gasteiger partial charge in [-0.1, -0.05) is 30.3 Å². The molecule has 0 saturated carbocycles. The zero-order valence-electron chi connectivity index (χ0n) is 18.2. The van der Waals surface area contributed by atoms with Gasteiger partial charge in [0.05, 0.1) is 11.2 Å². The van der Waals surface area contributed by atoms with E-state index in [4.69, 9.17) is 14.0 Å². The Morgan fingerprint density at radius 1 is 1.17 bits per heavy atom. The Morgan fingerprint density at radius 2 is 1.87 bits per heavy atom.